The molecule has 2 aromatic heterocycles. The van der Waals surface area contributed by atoms with Gasteiger partial charge in [0, 0.05) is 17.7 Å². The molecule has 2 aromatic carbocycles. The third kappa shape index (κ3) is 2.76. The maximum absolute atomic E-state index is 11.1. The van der Waals surface area contributed by atoms with Crippen molar-refractivity contribution in [3.63, 3.8) is 0 Å². The summed E-state index contributed by atoms with van der Waals surface area (Å²) in [5, 5.41) is 22.9. The molecule has 4 aromatic rings. The van der Waals surface area contributed by atoms with Gasteiger partial charge in [0.1, 0.15) is 0 Å². The van der Waals surface area contributed by atoms with Crippen molar-refractivity contribution < 1.29 is 13.9 Å². The Balaban J connectivity index is 1.69. The zero-order chi connectivity index (χ0) is 17.2. The van der Waals surface area contributed by atoms with Gasteiger partial charge in [-0.25, -0.2) is 0 Å². The minimum absolute atomic E-state index is 0.0688. The second-order valence-corrected chi connectivity index (χ2v) is 5.13. The molecule has 0 spiro atoms. The maximum atomic E-state index is 11.1. The van der Waals surface area contributed by atoms with Gasteiger partial charge in [0.2, 0.25) is 5.89 Å². The third-order valence-electron chi connectivity index (χ3n) is 3.54. The number of nitro benzene ring substituents is 1. The van der Waals surface area contributed by atoms with Gasteiger partial charge in [-0.2, -0.15) is 0 Å². The van der Waals surface area contributed by atoms with Gasteiger partial charge in [-0.05, 0) is 18.2 Å². The van der Waals surface area contributed by atoms with Crippen molar-refractivity contribution >= 4 is 5.69 Å². The molecule has 0 aliphatic heterocycles. The lowest BCUT2D eigenvalue weighted by atomic mass is 10.1. The summed E-state index contributed by atoms with van der Waals surface area (Å²) in [6.07, 6.45) is 0. The van der Waals surface area contributed by atoms with Crippen LogP contribution >= 0.6 is 0 Å². The molecule has 0 atom stereocenters. The Morgan fingerprint density at radius 1 is 0.920 bits per heavy atom. The summed E-state index contributed by atoms with van der Waals surface area (Å²) in [5.41, 5.74) is 1.35. The highest BCUT2D eigenvalue weighted by molar-refractivity contribution is 5.71. The fourth-order valence-corrected chi connectivity index (χ4v) is 2.37. The van der Waals surface area contributed by atoms with Crippen LogP contribution in [0.1, 0.15) is 0 Å². The van der Waals surface area contributed by atoms with Crippen LogP contribution in [-0.2, 0) is 0 Å². The van der Waals surface area contributed by atoms with E-state index < -0.39 is 4.92 Å². The van der Waals surface area contributed by atoms with E-state index in [2.05, 4.69) is 15.4 Å². The van der Waals surface area contributed by atoms with E-state index in [1.54, 1.807) is 18.2 Å². The van der Waals surface area contributed by atoms with Crippen LogP contribution in [0.25, 0.3) is 34.4 Å². The summed E-state index contributed by atoms with van der Waals surface area (Å²) in [4.78, 5) is 10.7. The molecule has 4 rings (SSSR count). The van der Waals surface area contributed by atoms with Gasteiger partial charge >= 0.3 is 0 Å². The summed E-state index contributed by atoms with van der Waals surface area (Å²) in [7, 11) is 0. The molecule has 0 aliphatic carbocycles. The molecule has 0 fully saturated rings. The first kappa shape index (κ1) is 14.8. The number of para-hydroxylation sites is 1. The lowest BCUT2D eigenvalue weighted by Gasteiger charge is -1.96. The maximum Gasteiger partial charge on any atom is 0.280 e. The molecule has 8 nitrogen and oxygen atoms in total. The Morgan fingerprint density at radius 2 is 1.64 bits per heavy atom. The minimum Gasteiger partial charge on any atom is -0.414 e. The zero-order valence-electron chi connectivity index (χ0n) is 12.7. The monoisotopic (exact) mass is 334 g/mol. The fourth-order valence-electron chi connectivity index (χ4n) is 2.37. The van der Waals surface area contributed by atoms with Crippen molar-refractivity contribution in [2.75, 3.05) is 0 Å². The van der Waals surface area contributed by atoms with Crippen molar-refractivity contribution in [1.82, 2.24) is 15.4 Å². The summed E-state index contributed by atoms with van der Waals surface area (Å²) >= 11 is 0. The topological polar surface area (TPSA) is 108 Å². The summed E-state index contributed by atoms with van der Waals surface area (Å²) in [5.74, 6) is 0.778. The Labute approximate surface area is 140 Å². The SMILES string of the molecule is O=[N+]([O-])c1ccccc1-c1cc(-c2nnc(-c3ccccc3)o2)no1. The molecule has 0 N–H and O–H groups in total. The molecule has 0 saturated heterocycles. The van der Waals surface area contributed by atoms with Crippen LogP contribution in [0.5, 0.6) is 0 Å². The van der Waals surface area contributed by atoms with E-state index in [4.69, 9.17) is 8.94 Å². The van der Waals surface area contributed by atoms with Crippen molar-refractivity contribution in [1.29, 1.82) is 0 Å². The highest BCUT2D eigenvalue weighted by Gasteiger charge is 2.21. The van der Waals surface area contributed by atoms with E-state index in [9.17, 15) is 10.1 Å². The van der Waals surface area contributed by atoms with E-state index in [1.165, 1.54) is 12.1 Å². The first-order valence-corrected chi connectivity index (χ1v) is 7.32. The van der Waals surface area contributed by atoms with Gasteiger partial charge in [0.15, 0.2) is 11.5 Å². The lowest BCUT2D eigenvalue weighted by Crippen LogP contribution is -1.90. The van der Waals surface area contributed by atoms with Crippen LogP contribution in [0.15, 0.2) is 69.6 Å². The highest BCUT2D eigenvalue weighted by Crippen LogP contribution is 2.32. The predicted octanol–water partition coefficient (Wildman–Crippen LogP) is 3.97. The smallest absolute Gasteiger partial charge is 0.280 e. The first-order valence-electron chi connectivity index (χ1n) is 7.32. The number of nitro groups is 1. The molecular formula is C17H10N4O4. The van der Waals surface area contributed by atoms with Crippen LogP contribution in [0.3, 0.4) is 0 Å². The standard InChI is InChI=1S/C17H10N4O4/c22-21(23)14-9-5-4-8-12(14)15-10-13(20-25-15)17-19-18-16(24-17)11-6-2-1-3-7-11/h1-10H. The number of hydrogen-bond acceptors (Lipinski definition) is 7. The predicted molar refractivity (Wildman–Crippen MR) is 87.3 cm³/mol. The third-order valence-corrected chi connectivity index (χ3v) is 3.54. The van der Waals surface area contributed by atoms with E-state index in [0.29, 0.717) is 17.1 Å². The quantitative estimate of drug-likeness (QED) is 0.410. The Morgan fingerprint density at radius 3 is 2.44 bits per heavy atom. The molecule has 0 radical (unpaired) electrons. The van der Waals surface area contributed by atoms with Crippen LogP contribution in [0, 0.1) is 10.1 Å². The largest absolute Gasteiger partial charge is 0.414 e. The molecule has 0 amide bonds. The second-order valence-electron chi connectivity index (χ2n) is 5.13. The highest BCUT2D eigenvalue weighted by atomic mass is 16.6. The van der Waals surface area contributed by atoms with Crippen LogP contribution in [0.2, 0.25) is 0 Å². The molecule has 25 heavy (non-hydrogen) atoms. The van der Waals surface area contributed by atoms with Crippen molar-refractivity contribution in [2.24, 2.45) is 0 Å². The van der Waals surface area contributed by atoms with Gasteiger partial charge in [0.05, 0.1) is 10.5 Å². The van der Waals surface area contributed by atoms with Gasteiger partial charge in [-0.15, -0.1) is 10.2 Å². The number of rotatable bonds is 4. The summed E-state index contributed by atoms with van der Waals surface area (Å²) < 4.78 is 10.8. The Bertz CT molecular complexity index is 1040. The number of aromatic nitrogens is 3. The molecule has 0 saturated carbocycles. The lowest BCUT2D eigenvalue weighted by molar-refractivity contribution is -0.384. The van der Waals surface area contributed by atoms with Crippen LogP contribution < -0.4 is 0 Å². The molecule has 0 unspecified atom stereocenters. The van der Waals surface area contributed by atoms with Crippen molar-refractivity contribution in [3.05, 3.63) is 70.8 Å². The normalized spacial score (nSPS) is 10.7. The van der Waals surface area contributed by atoms with Gasteiger partial charge < -0.3 is 8.94 Å². The minimum atomic E-state index is -0.474. The zero-order valence-corrected chi connectivity index (χ0v) is 12.7. The Hall–Kier alpha value is -3.81. The van der Waals surface area contributed by atoms with Gasteiger partial charge in [-0.1, -0.05) is 35.5 Å². The number of hydrogen-bond donors (Lipinski definition) is 0. The van der Waals surface area contributed by atoms with Gasteiger partial charge in [0.25, 0.3) is 11.6 Å². The average Bonchev–Trinajstić information content (AvgIpc) is 3.32. The number of benzene rings is 2. The van der Waals surface area contributed by atoms with Crippen molar-refractivity contribution in [2.45, 2.75) is 0 Å². The van der Waals surface area contributed by atoms with Crippen molar-refractivity contribution in [3.8, 4) is 34.4 Å². The van der Waals surface area contributed by atoms with Gasteiger partial charge in [-0.3, -0.25) is 10.1 Å². The summed E-state index contributed by atoms with van der Waals surface area (Å²) in [6.45, 7) is 0. The second kappa shape index (κ2) is 6.00. The molecule has 2 heterocycles. The molecule has 0 aliphatic rings. The fraction of sp³-hybridized carbons (Fsp3) is 0. The van der Waals surface area contributed by atoms with E-state index in [0.717, 1.165) is 5.56 Å². The van der Waals surface area contributed by atoms with E-state index in [1.807, 2.05) is 30.3 Å². The molecule has 8 heteroatoms. The van der Waals surface area contributed by atoms with E-state index in [-0.39, 0.29) is 17.3 Å². The van der Waals surface area contributed by atoms with Crippen LogP contribution in [-0.4, -0.2) is 20.3 Å². The summed E-state index contributed by atoms with van der Waals surface area (Å²) in [6, 6.07) is 17.1. The molecule has 122 valence electrons. The first-order chi connectivity index (χ1) is 12.2. The van der Waals surface area contributed by atoms with Crippen LogP contribution in [0.4, 0.5) is 5.69 Å². The number of nitrogens with zero attached hydrogens (tertiary/aromatic N) is 4. The van der Waals surface area contributed by atoms with E-state index >= 15 is 0 Å². The molecule has 0 bridgehead atoms. The Kier molecular flexibility index (Phi) is 3.55. The molecular weight excluding hydrogens is 324 g/mol. The average molecular weight is 334 g/mol.